The maximum Gasteiger partial charge on any atom is 0.283 e. The maximum absolute atomic E-state index is 13.5. The van der Waals surface area contributed by atoms with Gasteiger partial charge in [-0.05, 0) is 37.3 Å². The predicted molar refractivity (Wildman–Crippen MR) is 96.1 cm³/mol. The van der Waals surface area contributed by atoms with Crippen LogP contribution < -0.4 is 9.54 Å². The molecule has 0 saturated carbocycles. The third-order valence-electron chi connectivity index (χ3n) is 3.51. The Morgan fingerprint density at radius 2 is 2.16 bits per heavy atom. The summed E-state index contributed by atoms with van der Waals surface area (Å²) in [6, 6.07) is 11.3. The topological polar surface area (TPSA) is 43.6 Å². The van der Waals surface area contributed by atoms with Crippen molar-refractivity contribution in [1.82, 2.24) is 4.57 Å². The molecule has 25 heavy (non-hydrogen) atoms. The zero-order valence-electron chi connectivity index (χ0n) is 13.5. The number of carbonyl (C=O) groups is 1. The minimum Gasteiger partial charge on any atom is -0.493 e. The molecule has 0 aliphatic heterocycles. The van der Waals surface area contributed by atoms with E-state index < -0.39 is 5.91 Å². The average molecular weight is 354 g/mol. The summed E-state index contributed by atoms with van der Waals surface area (Å²) in [7, 11) is 0. The molecule has 0 aliphatic rings. The Hall–Kier alpha value is -2.91. The van der Waals surface area contributed by atoms with E-state index in [1.807, 2.05) is 6.92 Å². The number of benzene rings is 2. The molecule has 0 atom stereocenters. The molecule has 0 unspecified atom stereocenters. The Morgan fingerprint density at radius 1 is 1.36 bits per heavy atom. The van der Waals surface area contributed by atoms with Gasteiger partial charge in [0.25, 0.3) is 5.91 Å². The van der Waals surface area contributed by atoms with Crippen LogP contribution in [0, 0.1) is 18.2 Å². The highest BCUT2D eigenvalue weighted by Crippen LogP contribution is 2.21. The summed E-state index contributed by atoms with van der Waals surface area (Å²) in [5.74, 6) is 2.25. The van der Waals surface area contributed by atoms with Crippen molar-refractivity contribution in [1.29, 1.82) is 0 Å². The van der Waals surface area contributed by atoms with Gasteiger partial charge >= 0.3 is 0 Å². The molecule has 4 nitrogen and oxygen atoms in total. The minimum atomic E-state index is -0.429. The quantitative estimate of drug-likeness (QED) is 0.672. The zero-order chi connectivity index (χ0) is 17.8. The molecule has 1 heterocycles. The van der Waals surface area contributed by atoms with Crippen LogP contribution in [0.15, 0.2) is 47.5 Å². The number of terminal acetylenes is 1. The van der Waals surface area contributed by atoms with Crippen LogP contribution in [-0.2, 0) is 6.54 Å². The van der Waals surface area contributed by atoms with Crippen LogP contribution in [0.3, 0.4) is 0 Å². The van der Waals surface area contributed by atoms with Crippen LogP contribution in [0.4, 0.5) is 4.39 Å². The molecule has 0 radical (unpaired) electrons. The summed E-state index contributed by atoms with van der Waals surface area (Å²) in [5.41, 5.74) is 1.12. The summed E-state index contributed by atoms with van der Waals surface area (Å²) < 4.78 is 21.4. The van der Waals surface area contributed by atoms with Crippen LogP contribution >= 0.6 is 11.3 Å². The molecule has 1 aromatic heterocycles. The molecule has 0 saturated heterocycles. The lowest BCUT2D eigenvalue weighted by molar-refractivity contribution is 0.0994. The number of para-hydroxylation sites is 1. The van der Waals surface area contributed by atoms with Gasteiger partial charge in [-0.2, -0.15) is 4.99 Å². The average Bonchev–Trinajstić information content (AvgIpc) is 2.92. The van der Waals surface area contributed by atoms with Gasteiger partial charge in [-0.25, -0.2) is 4.39 Å². The Balaban J connectivity index is 2.14. The van der Waals surface area contributed by atoms with Crippen molar-refractivity contribution < 1.29 is 13.9 Å². The third-order valence-corrected chi connectivity index (χ3v) is 4.55. The van der Waals surface area contributed by atoms with E-state index in [2.05, 4.69) is 10.9 Å². The maximum atomic E-state index is 13.5. The number of ether oxygens (including phenoxy) is 1. The van der Waals surface area contributed by atoms with Crippen molar-refractivity contribution >= 4 is 27.5 Å². The number of carbonyl (C=O) groups excluding carboxylic acids is 1. The molecule has 3 aromatic rings. The summed E-state index contributed by atoms with van der Waals surface area (Å²) in [6.07, 6.45) is 5.43. The number of amides is 1. The number of thiazole rings is 1. The normalized spacial score (nSPS) is 11.5. The summed E-state index contributed by atoms with van der Waals surface area (Å²) >= 11 is 1.22. The lowest BCUT2D eigenvalue weighted by Crippen LogP contribution is -2.16. The van der Waals surface area contributed by atoms with Gasteiger partial charge in [0.05, 0.1) is 28.9 Å². The van der Waals surface area contributed by atoms with Crippen molar-refractivity contribution in [3.05, 3.63) is 58.6 Å². The van der Waals surface area contributed by atoms with Crippen LogP contribution in [0.2, 0.25) is 0 Å². The second-order valence-electron chi connectivity index (χ2n) is 5.13. The zero-order valence-corrected chi connectivity index (χ0v) is 14.3. The fourth-order valence-corrected chi connectivity index (χ4v) is 3.50. The van der Waals surface area contributed by atoms with Gasteiger partial charge in [0.1, 0.15) is 11.6 Å². The molecule has 126 valence electrons. The highest BCUT2D eigenvalue weighted by Gasteiger charge is 2.13. The van der Waals surface area contributed by atoms with E-state index in [4.69, 9.17) is 11.2 Å². The van der Waals surface area contributed by atoms with Crippen LogP contribution in [0.1, 0.15) is 17.3 Å². The Morgan fingerprint density at radius 3 is 2.92 bits per heavy atom. The van der Waals surface area contributed by atoms with E-state index in [0.29, 0.717) is 27.4 Å². The Kier molecular flexibility index (Phi) is 4.96. The molecule has 0 N–H and O–H groups in total. The highest BCUT2D eigenvalue weighted by atomic mass is 32.1. The Labute approximate surface area is 148 Å². The van der Waals surface area contributed by atoms with Crippen LogP contribution in [0.25, 0.3) is 10.2 Å². The third kappa shape index (κ3) is 3.47. The van der Waals surface area contributed by atoms with Gasteiger partial charge in [-0.1, -0.05) is 29.4 Å². The standard InChI is InChI=1S/C19H15FN2O2S/c1-3-11-22-15-10-9-13(20)12-17(15)25-19(22)21-18(23)14-7-5-6-8-16(14)24-4-2/h1,5-10,12H,4,11H2,2H3. The molecule has 0 spiro atoms. The van der Waals surface area contributed by atoms with Gasteiger partial charge in [-0.3, -0.25) is 4.79 Å². The molecule has 0 bridgehead atoms. The van der Waals surface area contributed by atoms with E-state index in [0.717, 1.165) is 5.52 Å². The number of aromatic nitrogens is 1. The van der Waals surface area contributed by atoms with E-state index in [9.17, 15) is 9.18 Å². The summed E-state index contributed by atoms with van der Waals surface area (Å²) in [5, 5.41) is 0. The number of hydrogen-bond donors (Lipinski definition) is 0. The first-order chi connectivity index (χ1) is 12.1. The summed E-state index contributed by atoms with van der Waals surface area (Å²) in [6.45, 7) is 2.54. The molecular formula is C19H15FN2O2S. The highest BCUT2D eigenvalue weighted by molar-refractivity contribution is 7.16. The number of hydrogen-bond acceptors (Lipinski definition) is 3. The van der Waals surface area contributed by atoms with Gasteiger partial charge in [0.15, 0.2) is 4.80 Å². The second-order valence-corrected chi connectivity index (χ2v) is 6.14. The first kappa shape index (κ1) is 16.9. The molecule has 2 aromatic carbocycles. The lowest BCUT2D eigenvalue weighted by atomic mass is 10.2. The fraction of sp³-hybridized carbons (Fsp3) is 0.158. The number of halogens is 1. The van der Waals surface area contributed by atoms with Gasteiger partial charge in [0.2, 0.25) is 0 Å². The van der Waals surface area contributed by atoms with E-state index in [1.165, 1.54) is 23.5 Å². The Bertz CT molecular complexity index is 1040. The van der Waals surface area contributed by atoms with E-state index >= 15 is 0 Å². The first-order valence-corrected chi connectivity index (χ1v) is 8.49. The van der Waals surface area contributed by atoms with Crippen molar-refractivity contribution in [2.24, 2.45) is 4.99 Å². The minimum absolute atomic E-state index is 0.241. The second kappa shape index (κ2) is 7.32. The summed E-state index contributed by atoms with van der Waals surface area (Å²) in [4.78, 5) is 17.3. The number of nitrogens with zero attached hydrogens (tertiary/aromatic N) is 2. The van der Waals surface area contributed by atoms with Crippen LogP contribution in [-0.4, -0.2) is 17.1 Å². The van der Waals surface area contributed by atoms with E-state index in [1.54, 1.807) is 34.9 Å². The van der Waals surface area contributed by atoms with Gasteiger partial charge in [-0.15, -0.1) is 6.42 Å². The molecular weight excluding hydrogens is 339 g/mol. The van der Waals surface area contributed by atoms with Crippen LogP contribution in [0.5, 0.6) is 5.75 Å². The van der Waals surface area contributed by atoms with E-state index in [-0.39, 0.29) is 12.4 Å². The van der Waals surface area contributed by atoms with Crippen molar-refractivity contribution in [3.63, 3.8) is 0 Å². The first-order valence-electron chi connectivity index (χ1n) is 7.67. The molecule has 3 rings (SSSR count). The molecule has 0 aliphatic carbocycles. The predicted octanol–water partition coefficient (Wildman–Crippen LogP) is 3.61. The van der Waals surface area contributed by atoms with Crippen molar-refractivity contribution in [3.8, 4) is 18.1 Å². The van der Waals surface area contributed by atoms with Gasteiger partial charge < -0.3 is 9.30 Å². The fourth-order valence-electron chi connectivity index (χ4n) is 2.45. The monoisotopic (exact) mass is 354 g/mol. The molecule has 6 heteroatoms. The molecule has 0 fully saturated rings. The SMILES string of the molecule is C#CCn1c(=NC(=O)c2ccccc2OCC)sc2cc(F)ccc21. The number of rotatable bonds is 4. The van der Waals surface area contributed by atoms with Gasteiger partial charge in [0, 0.05) is 0 Å². The smallest absolute Gasteiger partial charge is 0.283 e. The lowest BCUT2D eigenvalue weighted by Gasteiger charge is -2.06. The molecule has 1 amide bonds. The van der Waals surface area contributed by atoms with Crippen molar-refractivity contribution in [2.75, 3.05) is 6.61 Å². The largest absolute Gasteiger partial charge is 0.493 e. The number of fused-ring (bicyclic) bond motifs is 1. The van der Waals surface area contributed by atoms with Crippen molar-refractivity contribution in [2.45, 2.75) is 13.5 Å².